The van der Waals surface area contributed by atoms with E-state index in [0.29, 0.717) is 42.7 Å². The van der Waals surface area contributed by atoms with Gasteiger partial charge in [0, 0.05) is 47.6 Å². The summed E-state index contributed by atoms with van der Waals surface area (Å²) in [6.07, 6.45) is 9.61. The van der Waals surface area contributed by atoms with Crippen molar-refractivity contribution >= 4 is 55.2 Å². The number of hydrogen-bond acceptors (Lipinski definition) is 10. The van der Waals surface area contributed by atoms with Gasteiger partial charge in [-0.05, 0) is 121 Å². The molecule has 1 N–H and O–H groups in total. The molecule has 8 rings (SSSR count). The number of nitrogens with zero attached hydrogens (tertiary/aromatic N) is 5. The van der Waals surface area contributed by atoms with Crippen LogP contribution in [0.4, 0.5) is 0 Å². The molecule has 0 aliphatic carbocycles. The first kappa shape index (κ1) is 43.3. The van der Waals surface area contributed by atoms with Crippen LogP contribution in [0.25, 0.3) is 32.6 Å². The zero-order chi connectivity index (χ0) is 42.5. The summed E-state index contributed by atoms with van der Waals surface area (Å²) in [7, 11) is 3.43. The Balaban J connectivity index is 1.10. The molecule has 8 atom stereocenters. The number of alkyl halides is 1. The second kappa shape index (κ2) is 19.8. The van der Waals surface area contributed by atoms with Gasteiger partial charge in [-0.1, -0.05) is 81.7 Å². The average molecular weight is 937 g/mol. The number of ether oxygens (including phenoxy) is 4. The van der Waals surface area contributed by atoms with Crippen LogP contribution in [0.3, 0.4) is 0 Å². The summed E-state index contributed by atoms with van der Waals surface area (Å²) in [5.41, 5.74) is 4.26. The minimum Gasteiger partial charge on any atom is -0.497 e. The fourth-order valence-electron chi connectivity index (χ4n) is 10.1. The van der Waals surface area contributed by atoms with Crippen molar-refractivity contribution < 1.29 is 18.9 Å². The Kier molecular flexibility index (Phi) is 14.1. The molecule has 2 saturated heterocycles. The molecule has 3 unspecified atom stereocenters. The third-order valence-corrected chi connectivity index (χ3v) is 15.6. The summed E-state index contributed by atoms with van der Waals surface area (Å²) in [4.78, 5) is 12.1. The number of nitrogens with one attached hydrogen (secondary N) is 1. The second-order valence-electron chi connectivity index (χ2n) is 17.1. The number of likely N-dealkylation sites (tertiary alicyclic amines) is 1. The van der Waals surface area contributed by atoms with Gasteiger partial charge < -0.3 is 24.3 Å². The lowest BCUT2D eigenvalue weighted by Gasteiger charge is -2.41. The van der Waals surface area contributed by atoms with Gasteiger partial charge in [-0.2, -0.15) is 0 Å². The summed E-state index contributed by atoms with van der Waals surface area (Å²) >= 11 is 2.65. The molecule has 11 heteroatoms. The number of rotatable bonds is 16. The zero-order valence-corrected chi connectivity index (χ0v) is 38.7. The van der Waals surface area contributed by atoms with E-state index in [1.807, 2.05) is 48.8 Å². The summed E-state index contributed by atoms with van der Waals surface area (Å²) in [6, 6.07) is 24.9. The largest absolute Gasteiger partial charge is 0.497 e. The predicted octanol–water partition coefficient (Wildman–Crippen LogP) is 10.6. The SMILES string of the molecule is CCC1CN([C@@H](I)[C@H](COc2nnc(OC[C@H](c3ccnc4ccc(OC)cc34)[C@@H]3C[C@@H](CC)C(CC)CN3)c3ccccc23)c2ccnc3ccc(OC)cc23)CCC1C. The third kappa shape index (κ3) is 9.25. The Labute approximate surface area is 374 Å². The van der Waals surface area contributed by atoms with Crippen LogP contribution in [-0.2, 0) is 0 Å². The van der Waals surface area contributed by atoms with E-state index in [2.05, 4.69) is 96.9 Å². The number of hydrogen-bond donors (Lipinski definition) is 1. The van der Waals surface area contributed by atoms with Crippen LogP contribution < -0.4 is 24.3 Å². The number of methoxy groups -OCH3 is 2. The number of benzene rings is 3. The highest BCUT2D eigenvalue weighted by molar-refractivity contribution is 14.1. The Morgan fingerprint density at radius 2 is 1.31 bits per heavy atom. The molecule has 0 saturated carbocycles. The molecule has 2 aliphatic heterocycles. The van der Waals surface area contributed by atoms with E-state index in [-0.39, 0.29) is 21.9 Å². The molecule has 3 aromatic heterocycles. The van der Waals surface area contributed by atoms with Gasteiger partial charge >= 0.3 is 0 Å². The van der Waals surface area contributed by atoms with Crippen molar-refractivity contribution in [2.75, 3.05) is 47.1 Å². The van der Waals surface area contributed by atoms with E-state index in [1.54, 1.807) is 14.2 Å². The number of fused-ring (bicyclic) bond motifs is 3. The molecule has 5 heterocycles. The smallest absolute Gasteiger partial charge is 0.241 e. The van der Waals surface area contributed by atoms with Crippen LogP contribution in [0, 0.1) is 23.7 Å². The zero-order valence-electron chi connectivity index (χ0n) is 36.5. The lowest BCUT2D eigenvalue weighted by atomic mass is 9.75. The van der Waals surface area contributed by atoms with Crippen LogP contribution in [0.2, 0.25) is 0 Å². The molecule has 0 bridgehead atoms. The summed E-state index contributed by atoms with van der Waals surface area (Å²) in [5, 5.41) is 17.4. The third-order valence-electron chi connectivity index (χ3n) is 13.9. The maximum absolute atomic E-state index is 6.85. The van der Waals surface area contributed by atoms with Gasteiger partial charge in [-0.3, -0.25) is 14.9 Å². The van der Waals surface area contributed by atoms with Crippen molar-refractivity contribution in [3.63, 3.8) is 0 Å². The van der Waals surface area contributed by atoms with Crippen LogP contribution in [-0.4, -0.2) is 82.2 Å². The molecule has 0 radical (unpaired) electrons. The van der Waals surface area contributed by atoms with Crippen molar-refractivity contribution in [2.24, 2.45) is 23.7 Å². The van der Waals surface area contributed by atoms with Crippen molar-refractivity contribution in [1.82, 2.24) is 30.4 Å². The van der Waals surface area contributed by atoms with Crippen LogP contribution in [0.15, 0.2) is 85.2 Å². The van der Waals surface area contributed by atoms with Crippen molar-refractivity contribution in [3.8, 4) is 23.3 Å². The predicted molar refractivity (Wildman–Crippen MR) is 254 cm³/mol. The summed E-state index contributed by atoms with van der Waals surface area (Å²) < 4.78 is 25.2. The molecule has 322 valence electrons. The highest BCUT2D eigenvalue weighted by atomic mass is 127. The van der Waals surface area contributed by atoms with Gasteiger partial charge in [0.15, 0.2) is 0 Å². The minimum absolute atomic E-state index is 0.0115. The first-order valence-corrected chi connectivity index (χ1v) is 23.6. The first-order valence-electron chi connectivity index (χ1n) is 22.3. The lowest BCUT2D eigenvalue weighted by Crippen LogP contribution is -2.48. The number of aromatic nitrogens is 4. The van der Waals surface area contributed by atoms with Gasteiger partial charge in [0.2, 0.25) is 11.8 Å². The van der Waals surface area contributed by atoms with E-state index in [9.17, 15) is 0 Å². The monoisotopic (exact) mass is 936 g/mol. The first-order chi connectivity index (χ1) is 29.8. The van der Waals surface area contributed by atoms with E-state index >= 15 is 0 Å². The number of pyridine rings is 2. The van der Waals surface area contributed by atoms with Gasteiger partial charge in [-0.25, -0.2) is 0 Å². The fraction of sp³-hybridized carbons (Fsp3) is 0.480. The van der Waals surface area contributed by atoms with Crippen LogP contribution in [0.1, 0.15) is 82.8 Å². The van der Waals surface area contributed by atoms with Crippen molar-refractivity contribution in [1.29, 1.82) is 0 Å². The maximum Gasteiger partial charge on any atom is 0.241 e. The average Bonchev–Trinajstić information content (AvgIpc) is 3.31. The molecule has 3 aromatic carbocycles. The quantitative estimate of drug-likeness (QED) is 0.0573. The molecule has 61 heavy (non-hydrogen) atoms. The number of halogens is 1. The Hall–Kier alpha value is -4.33. The topological polar surface area (TPSA) is 104 Å². The highest BCUT2D eigenvalue weighted by Crippen LogP contribution is 2.40. The maximum atomic E-state index is 6.85. The van der Waals surface area contributed by atoms with E-state index in [0.717, 1.165) is 82.5 Å². The van der Waals surface area contributed by atoms with Gasteiger partial charge in [0.25, 0.3) is 0 Å². The number of piperidine rings is 2. The van der Waals surface area contributed by atoms with E-state index < -0.39 is 0 Å². The normalized spacial score (nSPS) is 22.5. The standard InChI is InChI=1S/C50H61IN6O4/c1-7-32-24-47(54-27-33(32)8-2)43(37-18-21-52-45-16-14-35(58-5)25-41(37)45)29-60-49-39-12-10-11-13-40(39)50(56-55-49)61-30-44(48(51)57-23-20-31(4)34(9-3)28-57)38-19-22-53-46-17-15-36(59-6)26-42(38)46/h10-19,21-22,25-26,31-34,43-44,47-48,54H,7-9,20,23-24,27-30H2,1-6H3/t31?,32-,33?,34?,43-,44-,47+,48-/m1/s1. The van der Waals surface area contributed by atoms with Crippen molar-refractivity contribution in [2.45, 2.75) is 81.7 Å². The summed E-state index contributed by atoms with van der Waals surface area (Å²) in [6.45, 7) is 13.3. The van der Waals surface area contributed by atoms with Crippen LogP contribution >= 0.6 is 22.6 Å². The van der Waals surface area contributed by atoms with E-state index in [1.165, 1.54) is 30.4 Å². The van der Waals surface area contributed by atoms with Gasteiger partial charge in [0.1, 0.15) is 11.5 Å². The molecule has 6 aromatic rings. The molecule has 2 fully saturated rings. The molecular weight excluding hydrogens is 875 g/mol. The van der Waals surface area contributed by atoms with E-state index in [4.69, 9.17) is 39.1 Å². The molecule has 0 amide bonds. The fourth-order valence-corrected chi connectivity index (χ4v) is 11.2. The molecule has 2 aliphatic rings. The highest BCUT2D eigenvalue weighted by Gasteiger charge is 2.36. The Bertz CT molecular complexity index is 2420. The minimum atomic E-state index is 0.0115. The molecule has 0 spiro atoms. The summed E-state index contributed by atoms with van der Waals surface area (Å²) in [5.74, 6) is 5.36. The van der Waals surface area contributed by atoms with Gasteiger partial charge in [0.05, 0.1) is 53.3 Å². The van der Waals surface area contributed by atoms with Crippen molar-refractivity contribution in [3.05, 3.63) is 96.3 Å². The van der Waals surface area contributed by atoms with Crippen LogP contribution in [0.5, 0.6) is 23.3 Å². The Morgan fingerprint density at radius 1 is 0.721 bits per heavy atom. The lowest BCUT2D eigenvalue weighted by molar-refractivity contribution is 0.103. The molecule has 10 nitrogen and oxygen atoms in total. The second-order valence-corrected chi connectivity index (χ2v) is 18.4. The molecular formula is C50H61IN6O4. The Morgan fingerprint density at radius 3 is 1.92 bits per heavy atom. The van der Waals surface area contributed by atoms with Gasteiger partial charge in [-0.15, -0.1) is 10.2 Å².